The van der Waals surface area contributed by atoms with Crippen molar-refractivity contribution in [3.05, 3.63) is 77.1 Å². The standard InChI is InChI=1S/C27H31N7O3/c1-27(2,35)18-37-22-11-23(26(33-17-22)21(12-28)13-29)20-4-5-24(31-16-20)30-14-19-3-6-25(32-15-19)34-7-9-36-10-8-34/h3-6,11-12,15-17,28,33,35H,7-10,14,18H2,1-2H3,(H,30,31)/b26-21+,28-12?. The maximum atomic E-state index is 9.98. The topological polar surface area (TPSA) is 139 Å². The van der Waals surface area contributed by atoms with E-state index in [0.29, 0.717) is 29.4 Å². The van der Waals surface area contributed by atoms with Crippen molar-refractivity contribution in [2.45, 2.75) is 26.0 Å². The molecule has 4 rings (SSSR count). The Morgan fingerprint density at radius 1 is 1.27 bits per heavy atom. The van der Waals surface area contributed by atoms with Gasteiger partial charge in [-0.1, -0.05) is 6.07 Å². The van der Waals surface area contributed by atoms with Gasteiger partial charge < -0.3 is 35.5 Å². The molecule has 1 saturated heterocycles. The van der Waals surface area contributed by atoms with Gasteiger partial charge in [-0.25, -0.2) is 9.97 Å². The Morgan fingerprint density at radius 2 is 2.08 bits per heavy atom. The van der Waals surface area contributed by atoms with Crippen molar-refractivity contribution in [1.29, 1.82) is 10.7 Å². The van der Waals surface area contributed by atoms with Crippen molar-refractivity contribution < 1.29 is 14.6 Å². The van der Waals surface area contributed by atoms with Crippen LogP contribution in [-0.4, -0.2) is 59.8 Å². The van der Waals surface area contributed by atoms with Crippen LogP contribution in [0.5, 0.6) is 0 Å². The van der Waals surface area contributed by atoms with Gasteiger partial charge in [0.05, 0.1) is 30.1 Å². The number of pyridine rings is 2. The Balaban J connectivity index is 1.45. The van der Waals surface area contributed by atoms with Crippen LogP contribution in [0.1, 0.15) is 25.0 Å². The molecule has 192 valence electrons. The molecule has 4 heterocycles. The van der Waals surface area contributed by atoms with E-state index in [0.717, 1.165) is 49.5 Å². The van der Waals surface area contributed by atoms with E-state index >= 15 is 0 Å². The molecule has 0 spiro atoms. The summed E-state index contributed by atoms with van der Waals surface area (Å²) in [6.07, 6.45) is 7.95. The van der Waals surface area contributed by atoms with E-state index in [2.05, 4.69) is 31.6 Å². The van der Waals surface area contributed by atoms with E-state index in [1.807, 2.05) is 30.5 Å². The lowest BCUT2D eigenvalue weighted by Gasteiger charge is -2.27. The lowest BCUT2D eigenvalue weighted by molar-refractivity contribution is 0.00548. The molecular weight excluding hydrogens is 470 g/mol. The van der Waals surface area contributed by atoms with Crippen molar-refractivity contribution in [1.82, 2.24) is 15.3 Å². The molecule has 0 aromatic carbocycles. The van der Waals surface area contributed by atoms with Crippen LogP contribution in [0, 0.1) is 16.7 Å². The average molecular weight is 502 g/mol. The highest BCUT2D eigenvalue weighted by Crippen LogP contribution is 2.29. The molecule has 10 heteroatoms. The van der Waals surface area contributed by atoms with Crippen LogP contribution in [0.2, 0.25) is 0 Å². The number of hydrogen-bond donors (Lipinski definition) is 4. The summed E-state index contributed by atoms with van der Waals surface area (Å²) >= 11 is 0. The number of morpholine rings is 1. The molecule has 0 amide bonds. The van der Waals surface area contributed by atoms with Crippen molar-refractivity contribution in [3.8, 4) is 6.07 Å². The van der Waals surface area contributed by atoms with E-state index in [4.69, 9.17) is 14.9 Å². The van der Waals surface area contributed by atoms with Gasteiger partial charge in [-0.3, -0.25) is 0 Å². The Morgan fingerprint density at radius 3 is 2.70 bits per heavy atom. The molecule has 2 aromatic rings. The van der Waals surface area contributed by atoms with Crippen LogP contribution in [0.3, 0.4) is 0 Å². The Kier molecular flexibility index (Phi) is 8.18. The molecule has 4 N–H and O–H groups in total. The van der Waals surface area contributed by atoms with Crippen LogP contribution in [0.15, 0.2) is 66.0 Å². The molecule has 2 aliphatic heterocycles. The molecule has 0 radical (unpaired) electrons. The number of dihydropyridines is 1. The fraction of sp³-hybridized carbons (Fsp3) is 0.333. The van der Waals surface area contributed by atoms with E-state index in [1.165, 1.54) is 0 Å². The SMILES string of the molecule is CC(C)(O)COC1=CN/C(=C(/C#N)C=N)C(c2ccc(NCc3ccc(N4CCOCC4)nc3)nc2)=C1. The number of anilines is 2. The second-order valence-electron chi connectivity index (χ2n) is 9.30. The number of nitriles is 1. The summed E-state index contributed by atoms with van der Waals surface area (Å²) in [7, 11) is 0. The van der Waals surface area contributed by atoms with Crippen molar-refractivity contribution in [3.63, 3.8) is 0 Å². The van der Waals surface area contributed by atoms with Crippen molar-refractivity contribution >= 4 is 23.4 Å². The van der Waals surface area contributed by atoms with E-state index in [9.17, 15) is 10.4 Å². The molecule has 10 nitrogen and oxygen atoms in total. The average Bonchev–Trinajstić information content (AvgIpc) is 2.92. The highest BCUT2D eigenvalue weighted by atomic mass is 16.5. The first-order chi connectivity index (χ1) is 17.9. The third-order valence-electron chi connectivity index (χ3n) is 5.73. The van der Waals surface area contributed by atoms with E-state index in [-0.39, 0.29) is 12.2 Å². The lowest BCUT2D eigenvalue weighted by Crippen LogP contribution is -2.36. The first-order valence-corrected chi connectivity index (χ1v) is 12.0. The van der Waals surface area contributed by atoms with Gasteiger partial charge in [0.1, 0.15) is 30.1 Å². The molecule has 37 heavy (non-hydrogen) atoms. The molecule has 2 aromatic heterocycles. The van der Waals surface area contributed by atoms with Crippen LogP contribution < -0.4 is 15.5 Å². The Hall–Kier alpha value is -4.20. The summed E-state index contributed by atoms with van der Waals surface area (Å²) in [5, 5.41) is 33.4. The van der Waals surface area contributed by atoms with Gasteiger partial charge >= 0.3 is 0 Å². The highest BCUT2D eigenvalue weighted by Gasteiger charge is 2.20. The van der Waals surface area contributed by atoms with Gasteiger partial charge in [-0.15, -0.1) is 0 Å². The number of nitrogens with zero attached hydrogens (tertiary/aromatic N) is 4. The van der Waals surface area contributed by atoms with Gasteiger partial charge in [0.2, 0.25) is 0 Å². The second kappa shape index (κ2) is 11.7. The Labute approximate surface area is 216 Å². The number of ether oxygens (including phenoxy) is 2. The smallest absolute Gasteiger partial charge is 0.136 e. The minimum absolute atomic E-state index is 0.0996. The summed E-state index contributed by atoms with van der Waals surface area (Å²) in [5.74, 6) is 2.14. The predicted molar refractivity (Wildman–Crippen MR) is 142 cm³/mol. The lowest BCUT2D eigenvalue weighted by atomic mass is 9.98. The third kappa shape index (κ3) is 6.94. The normalized spacial score (nSPS) is 17.1. The van der Waals surface area contributed by atoms with Gasteiger partial charge in [-0.05, 0) is 43.7 Å². The maximum absolute atomic E-state index is 9.98. The van der Waals surface area contributed by atoms with Gasteiger partial charge in [0.25, 0.3) is 0 Å². The fourth-order valence-corrected chi connectivity index (χ4v) is 3.78. The minimum Gasteiger partial charge on any atom is -0.489 e. The zero-order valence-corrected chi connectivity index (χ0v) is 21.0. The minimum atomic E-state index is -0.995. The molecular formula is C27H31N7O3. The number of allylic oxidation sites excluding steroid dienone is 3. The molecule has 2 aliphatic rings. The third-order valence-corrected chi connectivity index (χ3v) is 5.73. The fourth-order valence-electron chi connectivity index (χ4n) is 3.78. The van der Waals surface area contributed by atoms with Crippen LogP contribution in [-0.2, 0) is 16.0 Å². The van der Waals surface area contributed by atoms with Crippen LogP contribution in [0.4, 0.5) is 11.6 Å². The first kappa shape index (κ1) is 25.9. The van der Waals surface area contributed by atoms with Crippen molar-refractivity contribution in [2.75, 3.05) is 43.1 Å². The molecule has 0 atom stereocenters. The molecule has 0 bridgehead atoms. The molecule has 0 aliphatic carbocycles. The predicted octanol–water partition coefficient (Wildman–Crippen LogP) is 2.97. The quantitative estimate of drug-likeness (QED) is 0.302. The number of hydrogen-bond acceptors (Lipinski definition) is 10. The highest BCUT2D eigenvalue weighted by molar-refractivity contribution is 5.92. The first-order valence-electron chi connectivity index (χ1n) is 12.0. The summed E-state index contributed by atoms with van der Waals surface area (Å²) < 4.78 is 11.1. The molecule has 1 fully saturated rings. The van der Waals surface area contributed by atoms with Gasteiger partial charge in [0.15, 0.2) is 0 Å². The number of aliphatic hydroxyl groups is 1. The number of nitrogens with one attached hydrogen (secondary N) is 3. The maximum Gasteiger partial charge on any atom is 0.136 e. The van der Waals surface area contributed by atoms with Gasteiger partial charge in [-0.2, -0.15) is 5.26 Å². The van der Waals surface area contributed by atoms with Gasteiger partial charge in [0, 0.05) is 55.6 Å². The summed E-state index contributed by atoms with van der Waals surface area (Å²) in [5.41, 5.74) is 2.12. The monoisotopic (exact) mass is 501 g/mol. The largest absolute Gasteiger partial charge is 0.489 e. The molecule has 0 unspecified atom stereocenters. The van der Waals surface area contributed by atoms with Crippen molar-refractivity contribution in [2.24, 2.45) is 0 Å². The zero-order chi connectivity index (χ0) is 26.3. The van der Waals surface area contributed by atoms with Crippen LogP contribution in [0.25, 0.3) is 5.57 Å². The van der Waals surface area contributed by atoms with E-state index in [1.54, 1.807) is 32.3 Å². The molecule has 0 saturated carbocycles. The zero-order valence-electron chi connectivity index (χ0n) is 21.0. The Bertz CT molecular complexity index is 1230. The summed E-state index contributed by atoms with van der Waals surface area (Å²) in [6.45, 7) is 7.14. The summed E-state index contributed by atoms with van der Waals surface area (Å²) in [6, 6.07) is 9.87. The van der Waals surface area contributed by atoms with Crippen LogP contribution >= 0.6 is 0 Å². The summed E-state index contributed by atoms with van der Waals surface area (Å²) in [4.78, 5) is 11.3. The number of aromatic nitrogens is 2. The number of rotatable bonds is 9. The second-order valence-corrected chi connectivity index (χ2v) is 9.30. The van der Waals surface area contributed by atoms with E-state index < -0.39 is 5.60 Å².